The van der Waals surface area contributed by atoms with Crippen molar-refractivity contribution in [3.05, 3.63) is 60.4 Å². The van der Waals surface area contributed by atoms with Gasteiger partial charge >= 0.3 is 0 Å². The van der Waals surface area contributed by atoms with Gasteiger partial charge in [-0.15, -0.1) is 0 Å². The van der Waals surface area contributed by atoms with Crippen molar-refractivity contribution in [3.63, 3.8) is 0 Å². The van der Waals surface area contributed by atoms with E-state index in [9.17, 15) is 4.79 Å². The van der Waals surface area contributed by atoms with Crippen LogP contribution in [0.4, 0.5) is 0 Å². The van der Waals surface area contributed by atoms with Gasteiger partial charge in [0.05, 0.1) is 5.92 Å². The van der Waals surface area contributed by atoms with E-state index < -0.39 is 0 Å². The number of aromatic nitrogens is 5. The second-order valence-corrected chi connectivity index (χ2v) is 6.90. The third-order valence-corrected chi connectivity index (χ3v) is 5.18. The molecule has 3 aromatic rings. The molecule has 0 saturated carbocycles. The third kappa shape index (κ3) is 3.72. The molecule has 2 aromatic heterocycles. The summed E-state index contributed by atoms with van der Waals surface area (Å²) in [6.45, 7) is 3.36. The van der Waals surface area contributed by atoms with E-state index in [4.69, 9.17) is 0 Å². The van der Waals surface area contributed by atoms with Gasteiger partial charge in [0.25, 0.3) is 0 Å². The summed E-state index contributed by atoms with van der Waals surface area (Å²) in [6, 6.07) is 9.95. The molecule has 1 N–H and O–H groups in total. The van der Waals surface area contributed by atoms with Gasteiger partial charge in [0.15, 0.2) is 5.82 Å². The molecule has 138 valence electrons. The maximum Gasteiger partial charge on any atom is 0.229 e. The Kier molecular flexibility index (Phi) is 4.91. The first-order valence-electron chi connectivity index (χ1n) is 9.24. The normalized spacial score (nSPS) is 16.3. The van der Waals surface area contributed by atoms with Gasteiger partial charge in [-0.25, -0.2) is 15.0 Å². The minimum absolute atomic E-state index is 0.130. The van der Waals surface area contributed by atoms with Crippen molar-refractivity contribution in [1.29, 1.82) is 0 Å². The van der Waals surface area contributed by atoms with Crippen molar-refractivity contribution < 1.29 is 4.79 Å². The molecule has 0 spiro atoms. The first-order valence-corrected chi connectivity index (χ1v) is 9.24. The number of piperidine rings is 1. The predicted octanol–water partition coefficient (Wildman–Crippen LogP) is 2.77. The third-order valence-electron chi connectivity index (χ3n) is 5.18. The van der Waals surface area contributed by atoms with Crippen LogP contribution in [0.1, 0.15) is 43.0 Å². The van der Waals surface area contributed by atoms with Crippen LogP contribution in [0, 0.1) is 0 Å². The Morgan fingerprint density at radius 1 is 1.15 bits per heavy atom. The number of carbonyl (C=O) groups is 1. The number of rotatable bonds is 4. The SMILES string of the molecule is CC(C(=O)N1CCC(c2nc(-c3ccccc3)n[nH]2)CC1)c1cncnc1. The molecule has 1 saturated heterocycles. The number of H-pyrrole nitrogens is 1. The minimum Gasteiger partial charge on any atom is -0.342 e. The second-order valence-electron chi connectivity index (χ2n) is 6.90. The number of benzene rings is 1. The standard InChI is InChI=1S/C20H22N6O/c1-14(17-11-21-13-22-12-17)20(27)26-9-7-16(8-10-26)19-23-18(24-25-19)15-5-3-2-4-6-15/h2-6,11-14,16H,7-10H2,1H3,(H,23,24,25). The van der Waals surface area contributed by atoms with Crippen molar-refractivity contribution in [1.82, 2.24) is 30.0 Å². The smallest absolute Gasteiger partial charge is 0.229 e. The van der Waals surface area contributed by atoms with E-state index in [-0.39, 0.29) is 11.8 Å². The lowest BCUT2D eigenvalue weighted by Crippen LogP contribution is -2.40. The summed E-state index contributed by atoms with van der Waals surface area (Å²) in [4.78, 5) is 27.4. The van der Waals surface area contributed by atoms with Crippen LogP contribution in [0.5, 0.6) is 0 Å². The highest BCUT2D eigenvalue weighted by Crippen LogP contribution is 2.28. The summed E-state index contributed by atoms with van der Waals surface area (Å²) in [6.07, 6.45) is 6.66. The lowest BCUT2D eigenvalue weighted by Gasteiger charge is -2.32. The zero-order valence-corrected chi connectivity index (χ0v) is 15.2. The summed E-state index contributed by atoms with van der Waals surface area (Å²) in [7, 11) is 0. The summed E-state index contributed by atoms with van der Waals surface area (Å²) < 4.78 is 0. The Bertz CT molecular complexity index is 887. The van der Waals surface area contributed by atoms with Crippen molar-refractivity contribution in [2.24, 2.45) is 0 Å². The van der Waals surface area contributed by atoms with E-state index in [1.165, 1.54) is 6.33 Å². The summed E-state index contributed by atoms with van der Waals surface area (Å²) in [5.74, 6) is 1.84. The van der Waals surface area contributed by atoms with Crippen LogP contribution in [0.3, 0.4) is 0 Å². The van der Waals surface area contributed by atoms with Crippen LogP contribution in [0.15, 0.2) is 49.1 Å². The Hall–Kier alpha value is -3.09. The molecule has 1 aromatic carbocycles. The maximum atomic E-state index is 12.8. The molecule has 1 unspecified atom stereocenters. The number of aromatic amines is 1. The van der Waals surface area contributed by atoms with Gasteiger partial charge in [0.1, 0.15) is 12.2 Å². The van der Waals surface area contributed by atoms with E-state index >= 15 is 0 Å². The van der Waals surface area contributed by atoms with Crippen LogP contribution in [-0.2, 0) is 4.79 Å². The number of hydrogen-bond acceptors (Lipinski definition) is 5. The lowest BCUT2D eigenvalue weighted by atomic mass is 9.94. The molecule has 7 nitrogen and oxygen atoms in total. The topological polar surface area (TPSA) is 87.7 Å². The largest absolute Gasteiger partial charge is 0.342 e. The first kappa shape index (κ1) is 17.3. The fourth-order valence-electron chi connectivity index (χ4n) is 3.50. The summed E-state index contributed by atoms with van der Waals surface area (Å²) in [5, 5.41) is 7.44. The highest BCUT2D eigenvalue weighted by Gasteiger charge is 2.29. The van der Waals surface area contributed by atoms with Crippen LogP contribution >= 0.6 is 0 Å². The Morgan fingerprint density at radius 3 is 2.56 bits per heavy atom. The molecule has 0 bridgehead atoms. The molecule has 0 aliphatic carbocycles. The lowest BCUT2D eigenvalue weighted by molar-refractivity contribution is -0.133. The first-order chi connectivity index (χ1) is 13.2. The van der Waals surface area contributed by atoms with E-state index in [1.54, 1.807) is 12.4 Å². The van der Waals surface area contributed by atoms with E-state index in [2.05, 4.69) is 25.1 Å². The molecule has 0 radical (unpaired) electrons. The van der Waals surface area contributed by atoms with E-state index in [1.807, 2.05) is 42.2 Å². The average Bonchev–Trinajstić information content (AvgIpc) is 3.24. The van der Waals surface area contributed by atoms with Crippen LogP contribution in [0.25, 0.3) is 11.4 Å². The van der Waals surface area contributed by atoms with Crippen molar-refractivity contribution in [2.45, 2.75) is 31.6 Å². The van der Waals surface area contributed by atoms with Gasteiger partial charge in [0.2, 0.25) is 5.91 Å². The van der Waals surface area contributed by atoms with Crippen LogP contribution in [-0.4, -0.2) is 49.0 Å². The molecular formula is C20H22N6O. The molecular weight excluding hydrogens is 340 g/mol. The molecule has 1 fully saturated rings. The van der Waals surface area contributed by atoms with Gasteiger partial charge in [-0.2, -0.15) is 5.10 Å². The van der Waals surface area contributed by atoms with Crippen molar-refractivity contribution in [3.8, 4) is 11.4 Å². The quantitative estimate of drug-likeness (QED) is 0.771. The molecule has 4 rings (SSSR count). The van der Waals surface area contributed by atoms with Crippen molar-refractivity contribution >= 4 is 5.91 Å². The molecule has 1 aliphatic rings. The number of hydrogen-bond donors (Lipinski definition) is 1. The van der Waals surface area contributed by atoms with Gasteiger partial charge < -0.3 is 4.90 Å². The Labute approximate surface area is 157 Å². The molecule has 1 aliphatic heterocycles. The van der Waals surface area contributed by atoms with Gasteiger partial charge in [-0.05, 0) is 19.8 Å². The minimum atomic E-state index is -0.224. The molecule has 1 amide bonds. The number of nitrogens with one attached hydrogen (secondary N) is 1. The zero-order chi connectivity index (χ0) is 18.6. The zero-order valence-electron chi connectivity index (χ0n) is 15.2. The maximum absolute atomic E-state index is 12.8. The predicted molar refractivity (Wildman–Crippen MR) is 101 cm³/mol. The molecule has 3 heterocycles. The monoisotopic (exact) mass is 362 g/mol. The van der Waals surface area contributed by atoms with Gasteiger partial charge in [0, 0.05) is 42.5 Å². The Balaban J connectivity index is 1.38. The highest BCUT2D eigenvalue weighted by molar-refractivity contribution is 5.83. The number of amides is 1. The van der Waals surface area contributed by atoms with E-state index in [0.29, 0.717) is 5.92 Å². The average molecular weight is 362 g/mol. The fraction of sp³-hybridized carbons (Fsp3) is 0.350. The van der Waals surface area contributed by atoms with Crippen molar-refractivity contribution in [2.75, 3.05) is 13.1 Å². The number of carbonyl (C=O) groups excluding carboxylic acids is 1. The number of nitrogens with zero attached hydrogens (tertiary/aromatic N) is 5. The highest BCUT2D eigenvalue weighted by atomic mass is 16.2. The Morgan fingerprint density at radius 2 is 1.85 bits per heavy atom. The summed E-state index contributed by atoms with van der Waals surface area (Å²) in [5.41, 5.74) is 1.86. The van der Waals surface area contributed by atoms with Crippen LogP contribution in [0.2, 0.25) is 0 Å². The van der Waals surface area contributed by atoms with Gasteiger partial charge in [-0.1, -0.05) is 30.3 Å². The fourth-order valence-corrected chi connectivity index (χ4v) is 3.50. The number of likely N-dealkylation sites (tertiary alicyclic amines) is 1. The molecule has 27 heavy (non-hydrogen) atoms. The molecule has 7 heteroatoms. The van der Waals surface area contributed by atoms with Gasteiger partial charge in [-0.3, -0.25) is 9.89 Å². The van der Waals surface area contributed by atoms with E-state index in [0.717, 1.165) is 48.7 Å². The molecule has 1 atom stereocenters. The van der Waals surface area contributed by atoms with Crippen LogP contribution < -0.4 is 0 Å². The summed E-state index contributed by atoms with van der Waals surface area (Å²) >= 11 is 0. The second kappa shape index (κ2) is 7.65.